The summed E-state index contributed by atoms with van der Waals surface area (Å²) in [4.78, 5) is 73.1. The highest BCUT2D eigenvalue weighted by atomic mass is 31.2. The summed E-state index contributed by atoms with van der Waals surface area (Å²) in [5.74, 6) is 0.274. The second-order valence-electron chi connectivity index (χ2n) is 30.5. The Balaban J connectivity index is 5.27. The second kappa shape index (κ2) is 72.3. The number of rotatable bonds is 80. The number of hydrogen-bond acceptors (Lipinski definition) is 15. The summed E-state index contributed by atoms with van der Waals surface area (Å²) >= 11 is 0. The van der Waals surface area contributed by atoms with Crippen molar-refractivity contribution in [2.24, 2.45) is 17.8 Å². The fraction of sp³-hybridized carbons (Fsp3) is 0.951. The van der Waals surface area contributed by atoms with Crippen LogP contribution in [0.25, 0.3) is 0 Å². The number of esters is 4. The van der Waals surface area contributed by atoms with Crippen LogP contribution in [0.5, 0.6) is 0 Å². The van der Waals surface area contributed by atoms with Crippen LogP contribution in [-0.2, 0) is 65.4 Å². The molecule has 0 amide bonds. The van der Waals surface area contributed by atoms with E-state index in [4.69, 9.17) is 37.0 Å². The van der Waals surface area contributed by atoms with Crippen LogP contribution in [0.15, 0.2) is 0 Å². The van der Waals surface area contributed by atoms with Crippen LogP contribution < -0.4 is 0 Å². The van der Waals surface area contributed by atoms with Gasteiger partial charge in [0.2, 0.25) is 0 Å². The maximum atomic E-state index is 13.1. The van der Waals surface area contributed by atoms with Gasteiger partial charge in [0.15, 0.2) is 12.2 Å². The number of unbranched alkanes of at least 4 members (excludes halogenated alkanes) is 46. The van der Waals surface area contributed by atoms with Crippen LogP contribution in [0.3, 0.4) is 0 Å². The molecular formula is C82H160O17P2. The van der Waals surface area contributed by atoms with E-state index in [2.05, 4.69) is 48.5 Å². The molecule has 0 bridgehead atoms. The molecule has 0 saturated carbocycles. The van der Waals surface area contributed by atoms with Crippen molar-refractivity contribution >= 4 is 39.5 Å². The van der Waals surface area contributed by atoms with E-state index >= 15 is 0 Å². The zero-order valence-electron chi connectivity index (χ0n) is 66.4. The largest absolute Gasteiger partial charge is 0.472 e. The Morgan fingerprint density at radius 2 is 0.505 bits per heavy atom. The third kappa shape index (κ3) is 73.4. The molecule has 7 atom stereocenters. The third-order valence-corrected chi connectivity index (χ3v) is 21.8. The fourth-order valence-electron chi connectivity index (χ4n) is 12.6. The lowest BCUT2D eigenvalue weighted by molar-refractivity contribution is -0.161. The van der Waals surface area contributed by atoms with E-state index in [1.165, 1.54) is 238 Å². The minimum absolute atomic E-state index is 0.106. The molecule has 0 rings (SSSR count). The van der Waals surface area contributed by atoms with Crippen LogP contribution in [0.2, 0.25) is 0 Å². The molecule has 0 spiro atoms. The molecule has 0 aliphatic rings. The molecule has 3 N–H and O–H groups in total. The van der Waals surface area contributed by atoms with Gasteiger partial charge in [0.25, 0.3) is 0 Å². The highest BCUT2D eigenvalue weighted by Crippen LogP contribution is 2.45. The third-order valence-electron chi connectivity index (χ3n) is 19.9. The van der Waals surface area contributed by atoms with Gasteiger partial charge in [-0.1, -0.05) is 376 Å². The topological polar surface area (TPSA) is 237 Å². The molecule has 600 valence electrons. The van der Waals surface area contributed by atoms with E-state index in [1.54, 1.807) is 0 Å². The SMILES string of the molecule is CCCCCCCCCCCCCCCCCCCC(=O)OC[C@H](COP(=O)(O)OC[C@@H](O)COP(=O)(O)OC[C@@H](COC(=O)CCCCCCCCCCC(C)CC)OC(=O)CCCCCCCCCCCCC(C)CC)OC(=O)CCCCCCCCCCCCCCCCCC(C)C. The van der Waals surface area contributed by atoms with E-state index in [0.717, 1.165) is 108 Å². The number of carbonyl (C=O) groups is 4. The number of aliphatic hydroxyl groups excluding tert-OH is 1. The van der Waals surface area contributed by atoms with Gasteiger partial charge in [0.05, 0.1) is 26.4 Å². The van der Waals surface area contributed by atoms with Gasteiger partial charge in [-0.05, 0) is 43.4 Å². The van der Waals surface area contributed by atoms with E-state index < -0.39 is 97.5 Å². The van der Waals surface area contributed by atoms with Crippen molar-refractivity contribution < 1.29 is 80.2 Å². The molecule has 0 aromatic carbocycles. The summed E-state index contributed by atoms with van der Waals surface area (Å²) < 4.78 is 68.8. The quantitative estimate of drug-likeness (QED) is 0.0222. The smallest absolute Gasteiger partial charge is 0.462 e. The maximum absolute atomic E-state index is 13.1. The van der Waals surface area contributed by atoms with Gasteiger partial charge < -0.3 is 33.8 Å². The molecule has 17 nitrogen and oxygen atoms in total. The number of ether oxygens (including phenoxy) is 4. The summed E-state index contributed by atoms with van der Waals surface area (Å²) in [5, 5.41) is 10.7. The summed E-state index contributed by atoms with van der Waals surface area (Å²) in [6, 6.07) is 0. The maximum Gasteiger partial charge on any atom is 0.472 e. The fourth-order valence-corrected chi connectivity index (χ4v) is 14.2. The standard InChI is InChI=1S/C82H160O17P2/c1-8-11-12-13-14-15-16-17-18-19-22-25-28-34-42-49-56-63-79(84)92-69-77(98-81(86)65-58-51-44-35-29-26-23-20-21-24-27-32-39-46-53-60-73(4)5)71-96-100(88,89)94-67-76(83)68-95-101(90,91)97-72-78(70-93-80(85)64-57-50-43-38-37-41-48-55-62-75(7)10-3)99-82(87)66-59-52-45-36-31-30-33-40-47-54-61-74(6)9-2/h73-78,83H,8-72H2,1-7H3,(H,88,89)(H,90,91)/t74?,75?,76-,77-,78-/m1/s1. The van der Waals surface area contributed by atoms with Crippen LogP contribution in [0.4, 0.5) is 0 Å². The van der Waals surface area contributed by atoms with Gasteiger partial charge in [-0.3, -0.25) is 37.3 Å². The van der Waals surface area contributed by atoms with Gasteiger partial charge in [0.1, 0.15) is 19.3 Å². The number of aliphatic hydroxyl groups is 1. The van der Waals surface area contributed by atoms with Crippen molar-refractivity contribution in [2.45, 2.75) is 446 Å². The molecule has 101 heavy (non-hydrogen) atoms. The van der Waals surface area contributed by atoms with E-state index in [1.807, 2.05) is 0 Å². The van der Waals surface area contributed by atoms with Gasteiger partial charge in [-0.2, -0.15) is 0 Å². The Hall–Kier alpha value is -1.94. The van der Waals surface area contributed by atoms with Crippen LogP contribution in [-0.4, -0.2) is 96.7 Å². The molecule has 0 aromatic heterocycles. The van der Waals surface area contributed by atoms with Crippen LogP contribution in [0, 0.1) is 17.8 Å². The molecule has 0 saturated heterocycles. The van der Waals surface area contributed by atoms with Gasteiger partial charge in [0, 0.05) is 25.7 Å². The van der Waals surface area contributed by atoms with Crippen molar-refractivity contribution in [1.82, 2.24) is 0 Å². The first-order valence-electron chi connectivity index (χ1n) is 42.4. The average molecular weight is 1480 g/mol. The van der Waals surface area contributed by atoms with Crippen molar-refractivity contribution in [1.29, 1.82) is 0 Å². The molecule has 4 unspecified atom stereocenters. The van der Waals surface area contributed by atoms with E-state index in [9.17, 15) is 43.2 Å². The predicted molar refractivity (Wildman–Crippen MR) is 414 cm³/mol. The monoisotopic (exact) mass is 1480 g/mol. The number of carbonyl (C=O) groups excluding carboxylic acids is 4. The average Bonchev–Trinajstić information content (AvgIpc) is 0.936. The Morgan fingerprint density at radius 1 is 0.287 bits per heavy atom. The Labute approximate surface area is 619 Å². The van der Waals surface area contributed by atoms with E-state index in [-0.39, 0.29) is 25.7 Å². The molecule has 0 fully saturated rings. The number of phosphoric acid groups is 2. The van der Waals surface area contributed by atoms with Crippen LogP contribution in [0.1, 0.15) is 427 Å². The first kappa shape index (κ1) is 99.1. The van der Waals surface area contributed by atoms with Crippen molar-refractivity contribution in [3.05, 3.63) is 0 Å². The molecule has 0 heterocycles. The summed E-state index contributed by atoms with van der Waals surface area (Å²) in [5.41, 5.74) is 0. The lowest BCUT2D eigenvalue weighted by atomic mass is 9.99. The predicted octanol–water partition coefficient (Wildman–Crippen LogP) is 24.5. The zero-order valence-corrected chi connectivity index (χ0v) is 68.2. The lowest BCUT2D eigenvalue weighted by Crippen LogP contribution is -2.30. The highest BCUT2D eigenvalue weighted by Gasteiger charge is 2.30. The molecule has 0 aliphatic carbocycles. The number of hydrogen-bond donors (Lipinski definition) is 3. The first-order valence-corrected chi connectivity index (χ1v) is 45.4. The molecule has 0 aliphatic heterocycles. The summed E-state index contributed by atoms with van der Waals surface area (Å²) in [6.45, 7) is 12.0. The normalized spacial score (nSPS) is 14.5. The van der Waals surface area contributed by atoms with Crippen molar-refractivity contribution in [3.8, 4) is 0 Å². The van der Waals surface area contributed by atoms with Crippen molar-refractivity contribution in [3.63, 3.8) is 0 Å². The van der Waals surface area contributed by atoms with Gasteiger partial charge >= 0.3 is 39.5 Å². The second-order valence-corrected chi connectivity index (χ2v) is 33.4. The molecule has 0 aromatic rings. The van der Waals surface area contributed by atoms with Gasteiger partial charge in [-0.15, -0.1) is 0 Å². The Kier molecular flexibility index (Phi) is 70.9. The van der Waals surface area contributed by atoms with Gasteiger partial charge in [-0.25, -0.2) is 9.13 Å². The zero-order chi connectivity index (χ0) is 74.4. The minimum atomic E-state index is -4.96. The van der Waals surface area contributed by atoms with E-state index in [0.29, 0.717) is 25.7 Å². The molecule has 19 heteroatoms. The molecule has 0 radical (unpaired) electrons. The minimum Gasteiger partial charge on any atom is -0.462 e. The molecular weight excluding hydrogens is 1320 g/mol. The van der Waals surface area contributed by atoms with Crippen molar-refractivity contribution in [2.75, 3.05) is 39.6 Å². The summed E-state index contributed by atoms with van der Waals surface area (Å²) in [7, 11) is -9.92. The lowest BCUT2D eigenvalue weighted by Gasteiger charge is -2.21. The summed E-state index contributed by atoms with van der Waals surface area (Å²) in [6.07, 6.45) is 60.9. The highest BCUT2D eigenvalue weighted by molar-refractivity contribution is 7.47. The first-order chi connectivity index (χ1) is 48.8. The Morgan fingerprint density at radius 3 is 0.752 bits per heavy atom. The van der Waals surface area contributed by atoms with Crippen LogP contribution >= 0.6 is 15.6 Å². The number of phosphoric ester groups is 2. The Bertz CT molecular complexity index is 1960.